The number of nitrogens with zero attached hydrogens (tertiary/aromatic N) is 1. The van der Waals surface area contributed by atoms with E-state index in [-0.39, 0.29) is 6.04 Å². The van der Waals surface area contributed by atoms with Crippen molar-refractivity contribution in [3.63, 3.8) is 0 Å². The molecular weight excluding hydrogens is 154 g/mol. The van der Waals surface area contributed by atoms with Crippen LogP contribution in [0.5, 0.6) is 0 Å². The summed E-state index contributed by atoms with van der Waals surface area (Å²) >= 11 is 0. The fourth-order valence-corrected chi connectivity index (χ4v) is 1.31. The van der Waals surface area contributed by atoms with Gasteiger partial charge in [0.15, 0.2) is 6.29 Å². The highest BCUT2D eigenvalue weighted by molar-refractivity contribution is 4.77. The van der Waals surface area contributed by atoms with Crippen molar-refractivity contribution < 1.29 is 10.2 Å². The predicted octanol–water partition coefficient (Wildman–Crippen LogP) is 0.808. The van der Waals surface area contributed by atoms with Gasteiger partial charge < -0.3 is 10.2 Å². The van der Waals surface area contributed by atoms with E-state index >= 15 is 0 Å². The maximum Gasteiger partial charge on any atom is 0.167 e. The van der Waals surface area contributed by atoms with Gasteiger partial charge in [0.25, 0.3) is 0 Å². The summed E-state index contributed by atoms with van der Waals surface area (Å²) in [7, 11) is 1.91. The first-order valence-corrected chi connectivity index (χ1v) is 4.69. The number of aliphatic hydroxyl groups is 2. The summed E-state index contributed by atoms with van der Waals surface area (Å²) in [4.78, 5) is 1.98. The van der Waals surface area contributed by atoms with Crippen LogP contribution in [0.15, 0.2) is 0 Å². The highest BCUT2D eigenvalue weighted by Crippen LogP contribution is 2.16. The lowest BCUT2D eigenvalue weighted by atomic mass is 10.2. The predicted molar refractivity (Wildman–Crippen MR) is 49.8 cm³/mol. The molecule has 1 rings (SSSR count). The SMILES string of the molecule is CCC.CN1CCCC1C(O)O. The van der Waals surface area contributed by atoms with Gasteiger partial charge in [-0.2, -0.15) is 0 Å². The lowest BCUT2D eigenvalue weighted by Gasteiger charge is -2.20. The summed E-state index contributed by atoms with van der Waals surface area (Å²) in [5, 5.41) is 17.5. The second kappa shape index (κ2) is 6.40. The average molecular weight is 175 g/mol. The Labute approximate surface area is 75.0 Å². The molecule has 0 aromatic rings. The van der Waals surface area contributed by atoms with Gasteiger partial charge in [0.05, 0.1) is 6.04 Å². The topological polar surface area (TPSA) is 43.7 Å². The normalized spacial score (nSPS) is 24.0. The third kappa shape index (κ3) is 4.04. The van der Waals surface area contributed by atoms with E-state index in [2.05, 4.69) is 13.8 Å². The van der Waals surface area contributed by atoms with Crippen molar-refractivity contribution >= 4 is 0 Å². The lowest BCUT2D eigenvalue weighted by molar-refractivity contribution is -0.0858. The minimum Gasteiger partial charge on any atom is -0.367 e. The third-order valence-corrected chi connectivity index (χ3v) is 1.92. The lowest BCUT2D eigenvalue weighted by Crippen LogP contribution is -2.35. The van der Waals surface area contributed by atoms with E-state index in [1.807, 2.05) is 11.9 Å². The molecule has 0 aliphatic carbocycles. The van der Waals surface area contributed by atoms with Crippen LogP contribution >= 0.6 is 0 Å². The summed E-state index contributed by atoms with van der Waals surface area (Å²) in [5.41, 5.74) is 0. The van der Waals surface area contributed by atoms with E-state index in [1.54, 1.807) is 0 Å². The molecule has 1 heterocycles. The Morgan fingerprint density at radius 1 is 1.42 bits per heavy atom. The van der Waals surface area contributed by atoms with Crippen LogP contribution in [-0.2, 0) is 0 Å². The molecule has 1 saturated heterocycles. The third-order valence-electron chi connectivity index (χ3n) is 1.92. The van der Waals surface area contributed by atoms with E-state index < -0.39 is 6.29 Å². The number of rotatable bonds is 1. The fraction of sp³-hybridized carbons (Fsp3) is 1.00. The molecule has 74 valence electrons. The fourth-order valence-electron chi connectivity index (χ4n) is 1.31. The minimum atomic E-state index is -1.16. The molecule has 3 heteroatoms. The van der Waals surface area contributed by atoms with Gasteiger partial charge >= 0.3 is 0 Å². The molecule has 2 N–H and O–H groups in total. The van der Waals surface area contributed by atoms with Gasteiger partial charge in [0.2, 0.25) is 0 Å². The molecule has 1 fully saturated rings. The van der Waals surface area contributed by atoms with Crippen molar-refractivity contribution in [2.24, 2.45) is 0 Å². The first kappa shape index (κ1) is 11.9. The van der Waals surface area contributed by atoms with Gasteiger partial charge in [-0.15, -0.1) is 0 Å². The second-order valence-electron chi connectivity index (χ2n) is 3.31. The summed E-state index contributed by atoms with van der Waals surface area (Å²) in [6.07, 6.45) is 2.09. The van der Waals surface area contributed by atoms with Crippen LogP contribution in [0, 0.1) is 0 Å². The van der Waals surface area contributed by atoms with Gasteiger partial charge in [0, 0.05) is 0 Å². The van der Waals surface area contributed by atoms with Gasteiger partial charge in [-0.3, -0.25) is 4.90 Å². The largest absolute Gasteiger partial charge is 0.367 e. The molecule has 1 atom stereocenters. The Kier molecular flexibility index (Phi) is 6.34. The Morgan fingerprint density at radius 2 is 1.92 bits per heavy atom. The maximum absolute atomic E-state index is 8.74. The Bertz CT molecular complexity index is 107. The molecule has 12 heavy (non-hydrogen) atoms. The van der Waals surface area contributed by atoms with Crippen LogP contribution in [0.4, 0.5) is 0 Å². The Balaban J connectivity index is 0.000000354. The van der Waals surface area contributed by atoms with Crippen molar-refractivity contribution in [1.29, 1.82) is 0 Å². The quantitative estimate of drug-likeness (QED) is 0.580. The molecule has 3 nitrogen and oxygen atoms in total. The first-order valence-electron chi connectivity index (χ1n) is 4.69. The maximum atomic E-state index is 8.74. The molecule has 0 aromatic carbocycles. The molecule has 1 aliphatic rings. The minimum absolute atomic E-state index is 0.0231. The number of likely N-dealkylation sites (tertiary alicyclic amines) is 1. The van der Waals surface area contributed by atoms with Crippen LogP contribution < -0.4 is 0 Å². The molecule has 0 spiro atoms. The molecular formula is C9H21NO2. The molecule has 0 radical (unpaired) electrons. The van der Waals surface area contributed by atoms with Gasteiger partial charge in [-0.1, -0.05) is 20.3 Å². The summed E-state index contributed by atoms with van der Waals surface area (Å²) < 4.78 is 0. The van der Waals surface area contributed by atoms with Crippen LogP contribution in [0.2, 0.25) is 0 Å². The highest BCUT2D eigenvalue weighted by Gasteiger charge is 2.25. The van der Waals surface area contributed by atoms with Crippen molar-refractivity contribution in [2.75, 3.05) is 13.6 Å². The first-order chi connectivity index (χ1) is 5.63. The monoisotopic (exact) mass is 175 g/mol. The Hall–Kier alpha value is -0.120. The zero-order chi connectivity index (χ0) is 9.56. The van der Waals surface area contributed by atoms with Gasteiger partial charge in [0.1, 0.15) is 0 Å². The van der Waals surface area contributed by atoms with Crippen molar-refractivity contribution in [3.8, 4) is 0 Å². The Morgan fingerprint density at radius 3 is 2.08 bits per heavy atom. The summed E-state index contributed by atoms with van der Waals surface area (Å²) in [6, 6.07) is -0.0231. The summed E-state index contributed by atoms with van der Waals surface area (Å²) in [6.45, 7) is 5.24. The number of hydrogen-bond donors (Lipinski definition) is 2. The number of likely N-dealkylation sites (N-methyl/N-ethyl adjacent to an activating group) is 1. The number of aliphatic hydroxyl groups excluding tert-OH is 1. The molecule has 0 saturated carbocycles. The van der Waals surface area contributed by atoms with Crippen molar-refractivity contribution in [1.82, 2.24) is 4.90 Å². The molecule has 0 bridgehead atoms. The molecule has 1 aliphatic heterocycles. The highest BCUT2D eigenvalue weighted by atomic mass is 16.5. The smallest absolute Gasteiger partial charge is 0.167 e. The van der Waals surface area contributed by atoms with Crippen molar-refractivity contribution in [2.45, 2.75) is 45.4 Å². The van der Waals surface area contributed by atoms with Gasteiger partial charge in [-0.05, 0) is 26.4 Å². The van der Waals surface area contributed by atoms with E-state index in [4.69, 9.17) is 10.2 Å². The molecule has 0 aromatic heterocycles. The van der Waals surface area contributed by atoms with Crippen molar-refractivity contribution in [3.05, 3.63) is 0 Å². The van der Waals surface area contributed by atoms with E-state index in [9.17, 15) is 0 Å². The van der Waals surface area contributed by atoms with E-state index in [0.29, 0.717) is 0 Å². The average Bonchev–Trinajstić information content (AvgIpc) is 2.36. The summed E-state index contributed by atoms with van der Waals surface area (Å²) in [5.74, 6) is 0. The van der Waals surface area contributed by atoms with Crippen LogP contribution in [0.3, 0.4) is 0 Å². The van der Waals surface area contributed by atoms with Crippen LogP contribution in [0.25, 0.3) is 0 Å². The number of hydrogen-bond acceptors (Lipinski definition) is 3. The van der Waals surface area contributed by atoms with Crippen LogP contribution in [0.1, 0.15) is 33.1 Å². The standard InChI is InChI=1S/C6H13NO2.C3H8/c1-7-4-2-3-5(7)6(8)9;1-3-2/h5-6,8-9H,2-4H2,1H3;3H2,1-2H3. The molecule has 0 amide bonds. The zero-order valence-electron chi connectivity index (χ0n) is 8.32. The van der Waals surface area contributed by atoms with E-state index in [0.717, 1.165) is 19.4 Å². The van der Waals surface area contributed by atoms with E-state index in [1.165, 1.54) is 6.42 Å². The van der Waals surface area contributed by atoms with Gasteiger partial charge in [-0.25, -0.2) is 0 Å². The molecule has 1 unspecified atom stereocenters. The van der Waals surface area contributed by atoms with Crippen LogP contribution in [-0.4, -0.2) is 41.0 Å². The second-order valence-corrected chi connectivity index (χ2v) is 3.31. The zero-order valence-corrected chi connectivity index (χ0v) is 8.32.